The normalized spacial score (nSPS) is 11.2. The Morgan fingerprint density at radius 2 is 1.60 bits per heavy atom. The van der Waals surface area contributed by atoms with Crippen LogP contribution in [0.2, 0.25) is 0 Å². The number of nitrogens with one attached hydrogen (secondary N) is 1. The predicted octanol–water partition coefficient (Wildman–Crippen LogP) is 2.75. The van der Waals surface area contributed by atoms with Gasteiger partial charge in [-0.1, -0.05) is 12.1 Å². The standard InChI is InChI=1S/C18H16N2O4S/c1-24-16-8-4-14-11-17(9-5-13(14)10-16)25(22,23)20-15-6-2-12(3-7-15)18(19)21/h2-11,20H,1H3,(H2,19,21). The van der Waals surface area contributed by atoms with Gasteiger partial charge in [-0.3, -0.25) is 9.52 Å². The van der Waals surface area contributed by atoms with E-state index in [1.807, 2.05) is 6.07 Å². The summed E-state index contributed by atoms with van der Waals surface area (Å²) in [4.78, 5) is 11.2. The summed E-state index contributed by atoms with van der Waals surface area (Å²) in [5.41, 5.74) is 5.82. The Hall–Kier alpha value is -3.06. The summed E-state index contributed by atoms with van der Waals surface area (Å²) in [7, 11) is -2.17. The molecule has 0 bridgehead atoms. The molecule has 25 heavy (non-hydrogen) atoms. The van der Waals surface area contributed by atoms with Crippen LogP contribution in [0.5, 0.6) is 5.75 Å². The number of rotatable bonds is 5. The number of hydrogen-bond acceptors (Lipinski definition) is 4. The van der Waals surface area contributed by atoms with Crippen molar-refractivity contribution in [1.29, 1.82) is 0 Å². The highest BCUT2D eigenvalue weighted by Crippen LogP contribution is 2.25. The first kappa shape index (κ1) is 16.8. The maximum atomic E-state index is 12.6. The minimum absolute atomic E-state index is 0.143. The second kappa shape index (κ2) is 6.45. The van der Waals surface area contributed by atoms with Gasteiger partial charge in [0, 0.05) is 11.3 Å². The molecule has 0 aromatic heterocycles. The maximum absolute atomic E-state index is 12.6. The number of anilines is 1. The van der Waals surface area contributed by atoms with E-state index in [4.69, 9.17) is 10.5 Å². The molecule has 1 amide bonds. The molecule has 128 valence electrons. The van der Waals surface area contributed by atoms with Crippen LogP contribution in [0, 0.1) is 0 Å². The zero-order valence-electron chi connectivity index (χ0n) is 13.4. The molecule has 6 nitrogen and oxygen atoms in total. The summed E-state index contributed by atoms with van der Waals surface area (Å²) in [6, 6.07) is 16.2. The van der Waals surface area contributed by atoms with Crippen LogP contribution in [-0.2, 0) is 10.0 Å². The summed E-state index contributed by atoms with van der Waals surface area (Å²) in [6.07, 6.45) is 0. The van der Waals surface area contributed by atoms with Gasteiger partial charge in [-0.2, -0.15) is 0 Å². The third-order valence-electron chi connectivity index (χ3n) is 3.75. The van der Waals surface area contributed by atoms with Crippen LogP contribution < -0.4 is 15.2 Å². The lowest BCUT2D eigenvalue weighted by molar-refractivity contribution is 0.100. The number of methoxy groups -OCH3 is 1. The number of ether oxygens (including phenoxy) is 1. The second-order valence-electron chi connectivity index (χ2n) is 5.42. The Morgan fingerprint density at radius 3 is 2.24 bits per heavy atom. The summed E-state index contributed by atoms with van der Waals surface area (Å²) in [5.74, 6) is 0.134. The fourth-order valence-electron chi connectivity index (χ4n) is 2.41. The van der Waals surface area contributed by atoms with Crippen LogP contribution in [0.25, 0.3) is 10.8 Å². The van der Waals surface area contributed by atoms with Crippen molar-refractivity contribution in [2.75, 3.05) is 11.8 Å². The molecule has 3 rings (SSSR count). The summed E-state index contributed by atoms with van der Waals surface area (Å²) >= 11 is 0. The fourth-order valence-corrected chi connectivity index (χ4v) is 3.51. The quantitative estimate of drug-likeness (QED) is 0.734. The van der Waals surface area contributed by atoms with Crippen molar-refractivity contribution in [2.24, 2.45) is 5.73 Å². The molecule has 3 aromatic carbocycles. The number of amides is 1. The predicted molar refractivity (Wildman–Crippen MR) is 96.3 cm³/mol. The van der Waals surface area contributed by atoms with Crippen LogP contribution in [-0.4, -0.2) is 21.4 Å². The van der Waals surface area contributed by atoms with Crippen LogP contribution in [0.1, 0.15) is 10.4 Å². The molecule has 0 aliphatic heterocycles. The van der Waals surface area contributed by atoms with E-state index in [9.17, 15) is 13.2 Å². The molecule has 0 saturated heterocycles. The Bertz CT molecular complexity index is 1040. The summed E-state index contributed by atoms with van der Waals surface area (Å²) in [5, 5.41) is 1.66. The lowest BCUT2D eigenvalue weighted by Crippen LogP contribution is -2.14. The molecule has 3 aromatic rings. The van der Waals surface area contributed by atoms with Crippen molar-refractivity contribution in [2.45, 2.75) is 4.90 Å². The molecule has 0 aliphatic rings. The third kappa shape index (κ3) is 3.56. The first-order valence-corrected chi connectivity index (χ1v) is 8.88. The van der Waals surface area contributed by atoms with E-state index < -0.39 is 15.9 Å². The van der Waals surface area contributed by atoms with Crippen LogP contribution in [0.15, 0.2) is 65.6 Å². The largest absolute Gasteiger partial charge is 0.497 e. The van der Waals surface area contributed by atoms with Gasteiger partial charge in [-0.25, -0.2) is 8.42 Å². The van der Waals surface area contributed by atoms with Gasteiger partial charge in [-0.05, 0) is 59.3 Å². The lowest BCUT2D eigenvalue weighted by atomic mass is 10.1. The van der Waals surface area contributed by atoms with Gasteiger partial charge in [0.25, 0.3) is 10.0 Å². The highest BCUT2D eigenvalue weighted by molar-refractivity contribution is 7.92. The SMILES string of the molecule is COc1ccc2cc(S(=O)(=O)Nc3ccc(C(N)=O)cc3)ccc2c1. The highest BCUT2D eigenvalue weighted by Gasteiger charge is 2.15. The Morgan fingerprint density at radius 1 is 0.960 bits per heavy atom. The monoisotopic (exact) mass is 356 g/mol. The van der Waals surface area contributed by atoms with E-state index in [0.717, 1.165) is 10.8 Å². The summed E-state index contributed by atoms with van der Waals surface area (Å²) < 4.78 is 32.8. The number of primary amides is 1. The van der Waals surface area contributed by atoms with Crippen molar-refractivity contribution < 1.29 is 17.9 Å². The highest BCUT2D eigenvalue weighted by atomic mass is 32.2. The smallest absolute Gasteiger partial charge is 0.261 e. The topological polar surface area (TPSA) is 98.5 Å². The maximum Gasteiger partial charge on any atom is 0.261 e. The van der Waals surface area contributed by atoms with Crippen molar-refractivity contribution in [3.8, 4) is 5.75 Å². The Labute approximate surface area is 145 Å². The number of hydrogen-bond donors (Lipinski definition) is 2. The number of sulfonamides is 1. The van der Waals surface area contributed by atoms with Gasteiger partial charge in [0.1, 0.15) is 5.75 Å². The van der Waals surface area contributed by atoms with Crippen LogP contribution in [0.4, 0.5) is 5.69 Å². The molecule has 7 heteroatoms. The number of fused-ring (bicyclic) bond motifs is 1. The van der Waals surface area contributed by atoms with E-state index in [2.05, 4.69) is 4.72 Å². The molecule has 0 radical (unpaired) electrons. The van der Waals surface area contributed by atoms with E-state index in [1.165, 1.54) is 30.3 Å². The van der Waals surface area contributed by atoms with Gasteiger partial charge >= 0.3 is 0 Å². The average molecular weight is 356 g/mol. The van der Waals surface area contributed by atoms with E-state index >= 15 is 0 Å². The molecule has 0 unspecified atom stereocenters. The van der Waals surface area contributed by atoms with Gasteiger partial charge in [0.05, 0.1) is 12.0 Å². The van der Waals surface area contributed by atoms with Gasteiger partial charge in [0.15, 0.2) is 0 Å². The van der Waals surface area contributed by atoms with Crippen LogP contribution >= 0.6 is 0 Å². The minimum atomic E-state index is -3.75. The van der Waals surface area contributed by atoms with Crippen molar-refractivity contribution in [1.82, 2.24) is 0 Å². The molecule has 0 atom stereocenters. The number of benzene rings is 3. The molecule has 0 heterocycles. The van der Waals surface area contributed by atoms with Crippen molar-refractivity contribution in [3.05, 3.63) is 66.2 Å². The Balaban J connectivity index is 1.91. The minimum Gasteiger partial charge on any atom is -0.497 e. The van der Waals surface area contributed by atoms with E-state index in [-0.39, 0.29) is 4.90 Å². The molecular weight excluding hydrogens is 340 g/mol. The van der Waals surface area contributed by atoms with Gasteiger partial charge in [-0.15, -0.1) is 0 Å². The molecule has 3 N–H and O–H groups in total. The Kier molecular flexibility index (Phi) is 4.33. The molecule has 0 spiro atoms. The first-order chi connectivity index (χ1) is 11.9. The second-order valence-corrected chi connectivity index (χ2v) is 7.10. The zero-order valence-corrected chi connectivity index (χ0v) is 14.2. The molecule has 0 saturated carbocycles. The van der Waals surface area contributed by atoms with Crippen molar-refractivity contribution in [3.63, 3.8) is 0 Å². The van der Waals surface area contributed by atoms with E-state index in [0.29, 0.717) is 17.0 Å². The van der Waals surface area contributed by atoms with Crippen LogP contribution in [0.3, 0.4) is 0 Å². The number of nitrogens with two attached hydrogens (primary N) is 1. The number of carbonyl (C=O) groups is 1. The first-order valence-electron chi connectivity index (χ1n) is 7.39. The van der Waals surface area contributed by atoms with Gasteiger partial charge in [0.2, 0.25) is 5.91 Å². The molecular formula is C18H16N2O4S. The van der Waals surface area contributed by atoms with Gasteiger partial charge < -0.3 is 10.5 Å². The molecule has 0 fully saturated rings. The zero-order chi connectivity index (χ0) is 18.0. The average Bonchev–Trinajstić information content (AvgIpc) is 2.60. The number of carbonyl (C=O) groups excluding carboxylic acids is 1. The third-order valence-corrected chi connectivity index (χ3v) is 5.13. The lowest BCUT2D eigenvalue weighted by Gasteiger charge is -2.10. The fraction of sp³-hybridized carbons (Fsp3) is 0.0556. The molecule has 0 aliphatic carbocycles. The van der Waals surface area contributed by atoms with E-state index in [1.54, 1.807) is 31.4 Å². The van der Waals surface area contributed by atoms with Crippen molar-refractivity contribution >= 4 is 32.4 Å². The summed E-state index contributed by atoms with van der Waals surface area (Å²) in [6.45, 7) is 0.